The standard InChI is InChI=1S/C32H24Cl4O8/c33-19-3-1-16-10-29(22(35)13-24(16)38)43-31-18(9-21(37)12-28(31)42)8-20(34)4-2-17-11-30(23(36)14-25(17)39)44-32-26(40)6-15(5-19)7-27(32)41/h3-4,6-7,9-14,37-42H,1-2,5,8H2. The summed E-state index contributed by atoms with van der Waals surface area (Å²) in [5.74, 6) is -1.74. The highest BCUT2D eigenvalue weighted by atomic mass is 35.5. The quantitative estimate of drug-likeness (QED) is 0.108. The molecule has 6 N–H and O–H groups in total. The van der Waals surface area contributed by atoms with E-state index in [2.05, 4.69) is 0 Å². The van der Waals surface area contributed by atoms with E-state index in [-0.39, 0.29) is 98.3 Å². The van der Waals surface area contributed by atoms with Gasteiger partial charge in [0.15, 0.2) is 23.0 Å². The van der Waals surface area contributed by atoms with E-state index in [0.717, 1.165) is 6.07 Å². The first-order valence-corrected chi connectivity index (χ1v) is 14.6. The number of allylic oxidation sites excluding steroid dienone is 4. The highest BCUT2D eigenvalue weighted by Crippen LogP contribution is 2.45. The van der Waals surface area contributed by atoms with E-state index in [1.165, 1.54) is 42.5 Å². The molecule has 4 aromatic rings. The summed E-state index contributed by atoms with van der Waals surface area (Å²) in [6, 6.07) is 10.7. The lowest BCUT2D eigenvalue weighted by molar-refractivity contribution is 0.375. The van der Waals surface area contributed by atoms with Crippen molar-refractivity contribution in [1.29, 1.82) is 0 Å². The largest absolute Gasteiger partial charge is 0.508 e. The summed E-state index contributed by atoms with van der Waals surface area (Å²) in [4.78, 5) is 0. The molecule has 2 aliphatic rings. The van der Waals surface area contributed by atoms with Crippen molar-refractivity contribution in [3.63, 3.8) is 0 Å². The van der Waals surface area contributed by atoms with Crippen molar-refractivity contribution < 1.29 is 40.1 Å². The molecule has 6 bridgehead atoms. The van der Waals surface area contributed by atoms with Crippen LogP contribution in [0.5, 0.6) is 57.5 Å². The van der Waals surface area contributed by atoms with Crippen molar-refractivity contribution in [3.05, 3.63) is 103 Å². The number of fused-ring (bicyclic) bond motifs is 6. The molecule has 2 heterocycles. The number of hydrogen-bond donors (Lipinski definition) is 6. The molecule has 0 unspecified atom stereocenters. The van der Waals surface area contributed by atoms with Crippen molar-refractivity contribution in [3.8, 4) is 57.5 Å². The molecule has 0 spiro atoms. The molecule has 0 atom stereocenters. The number of phenolic OH excluding ortho intramolecular Hbond substituents is 6. The van der Waals surface area contributed by atoms with E-state index < -0.39 is 0 Å². The summed E-state index contributed by atoms with van der Waals surface area (Å²) in [6.07, 6.45) is 3.62. The lowest BCUT2D eigenvalue weighted by Gasteiger charge is -2.16. The lowest BCUT2D eigenvalue weighted by atomic mass is 10.1. The molecule has 2 aliphatic heterocycles. The third-order valence-corrected chi connectivity index (χ3v) is 7.92. The van der Waals surface area contributed by atoms with Crippen molar-refractivity contribution in [2.24, 2.45) is 0 Å². The number of benzene rings is 4. The summed E-state index contributed by atoms with van der Waals surface area (Å²) in [5, 5.41) is 63.9. The Morgan fingerprint density at radius 2 is 0.955 bits per heavy atom. The Labute approximate surface area is 271 Å². The molecule has 8 nitrogen and oxygen atoms in total. The van der Waals surface area contributed by atoms with Crippen LogP contribution in [0.4, 0.5) is 0 Å². The second-order valence-corrected chi connectivity index (χ2v) is 11.8. The van der Waals surface area contributed by atoms with E-state index in [0.29, 0.717) is 27.3 Å². The van der Waals surface area contributed by atoms with Gasteiger partial charge in [-0.2, -0.15) is 0 Å². The Bertz CT molecular complexity index is 1810. The molecule has 0 amide bonds. The second-order valence-electron chi connectivity index (χ2n) is 10.0. The van der Waals surface area contributed by atoms with E-state index in [9.17, 15) is 30.6 Å². The Hall–Kier alpha value is -4.08. The topological polar surface area (TPSA) is 140 Å². The Morgan fingerprint density at radius 1 is 0.477 bits per heavy atom. The van der Waals surface area contributed by atoms with E-state index in [1.807, 2.05) is 0 Å². The number of hydrogen-bond acceptors (Lipinski definition) is 8. The first kappa shape index (κ1) is 31.3. The van der Waals surface area contributed by atoms with Gasteiger partial charge in [-0.15, -0.1) is 0 Å². The van der Waals surface area contributed by atoms with Crippen LogP contribution in [0.15, 0.2) is 70.7 Å². The van der Waals surface area contributed by atoms with Crippen LogP contribution in [0.25, 0.3) is 0 Å². The maximum atomic E-state index is 10.7. The Kier molecular flexibility index (Phi) is 9.18. The first-order chi connectivity index (χ1) is 20.9. The SMILES string of the molecule is Oc1cc(O)c2c(c1)CC(Cl)=CCc1cc(c(Cl)cc1O)Oc1c(O)cc(cc1O)CC(Cl)=CCc1cc(c(Cl)cc1O)O2. The molecular formula is C32H24Cl4O8. The highest BCUT2D eigenvalue weighted by Gasteiger charge is 2.19. The van der Waals surface area contributed by atoms with Gasteiger partial charge in [-0.1, -0.05) is 58.6 Å². The molecule has 4 aromatic carbocycles. The van der Waals surface area contributed by atoms with Gasteiger partial charge in [0.2, 0.25) is 5.75 Å². The maximum absolute atomic E-state index is 10.7. The van der Waals surface area contributed by atoms with Gasteiger partial charge in [-0.25, -0.2) is 0 Å². The van der Waals surface area contributed by atoms with Gasteiger partial charge in [0, 0.05) is 57.8 Å². The van der Waals surface area contributed by atoms with Gasteiger partial charge in [-0.3, -0.25) is 0 Å². The molecule has 6 rings (SSSR count). The minimum absolute atomic E-state index is 0.00551. The first-order valence-electron chi connectivity index (χ1n) is 13.0. The molecule has 0 saturated carbocycles. The number of halogens is 4. The molecular weight excluding hydrogens is 654 g/mol. The van der Waals surface area contributed by atoms with E-state index >= 15 is 0 Å². The van der Waals surface area contributed by atoms with Crippen molar-refractivity contribution >= 4 is 46.4 Å². The fourth-order valence-corrected chi connectivity index (χ4v) is 5.45. The molecule has 228 valence electrons. The predicted molar refractivity (Wildman–Crippen MR) is 169 cm³/mol. The lowest BCUT2D eigenvalue weighted by Crippen LogP contribution is -1.97. The van der Waals surface area contributed by atoms with Crippen molar-refractivity contribution in [1.82, 2.24) is 0 Å². The van der Waals surface area contributed by atoms with Gasteiger partial charge in [-0.05, 0) is 48.7 Å². The molecule has 0 aliphatic carbocycles. The molecule has 12 heteroatoms. The van der Waals surface area contributed by atoms with Crippen LogP contribution in [-0.2, 0) is 25.7 Å². The minimum atomic E-state index is -0.373. The third-order valence-electron chi connectivity index (χ3n) is 6.75. The zero-order valence-electron chi connectivity index (χ0n) is 22.6. The summed E-state index contributed by atoms with van der Waals surface area (Å²) in [5.41, 5.74) is 1.54. The van der Waals surface area contributed by atoms with Crippen LogP contribution in [0.2, 0.25) is 10.0 Å². The molecule has 0 radical (unpaired) electrons. The minimum Gasteiger partial charge on any atom is -0.508 e. The van der Waals surface area contributed by atoms with Crippen LogP contribution >= 0.6 is 46.4 Å². The second kappa shape index (κ2) is 12.9. The van der Waals surface area contributed by atoms with Gasteiger partial charge >= 0.3 is 0 Å². The fraction of sp³-hybridized carbons (Fsp3) is 0.125. The average Bonchev–Trinajstić information content (AvgIpc) is 2.93. The summed E-state index contributed by atoms with van der Waals surface area (Å²) in [6.45, 7) is 0. The fourth-order valence-electron chi connectivity index (χ4n) is 4.60. The zero-order chi connectivity index (χ0) is 31.7. The van der Waals surface area contributed by atoms with Gasteiger partial charge in [0.05, 0.1) is 10.0 Å². The maximum Gasteiger partial charge on any atom is 0.210 e. The number of rotatable bonds is 0. The summed E-state index contributed by atoms with van der Waals surface area (Å²) < 4.78 is 11.7. The Morgan fingerprint density at radius 3 is 1.50 bits per heavy atom. The van der Waals surface area contributed by atoms with E-state index in [1.54, 1.807) is 12.2 Å². The van der Waals surface area contributed by atoms with Crippen LogP contribution in [0.1, 0.15) is 22.3 Å². The number of phenols is 6. The highest BCUT2D eigenvalue weighted by molar-refractivity contribution is 6.32. The molecule has 0 aromatic heterocycles. The van der Waals surface area contributed by atoms with Crippen LogP contribution < -0.4 is 9.47 Å². The number of aromatic hydroxyl groups is 6. The third kappa shape index (κ3) is 7.00. The van der Waals surface area contributed by atoms with Gasteiger partial charge in [0.1, 0.15) is 28.7 Å². The van der Waals surface area contributed by atoms with Crippen LogP contribution in [0, 0.1) is 0 Å². The zero-order valence-corrected chi connectivity index (χ0v) is 25.6. The monoisotopic (exact) mass is 676 g/mol. The van der Waals surface area contributed by atoms with Crippen LogP contribution in [0.3, 0.4) is 0 Å². The van der Waals surface area contributed by atoms with Gasteiger partial charge in [0.25, 0.3) is 0 Å². The summed E-state index contributed by atoms with van der Waals surface area (Å²) in [7, 11) is 0. The van der Waals surface area contributed by atoms with Crippen LogP contribution in [-0.4, -0.2) is 30.6 Å². The smallest absolute Gasteiger partial charge is 0.210 e. The predicted octanol–water partition coefficient (Wildman–Crippen LogP) is 8.94. The van der Waals surface area contributed by atoms with Gasteiger partial charge < -0.3 is 40.1 Å². The average molecular weight is 678 g/mol. The van der Waals surface area contributed by atoms with Crippen molar-refractivity contribution in [2.45, 2.75) is 25.7 Å². The van der Waals surface area contributed by atoms with E-state index in [4.69, 9.17) is 55.9 Å². The number of ether oxygens (including phenoxy) is 2. The Balaban J connectivity index is 1.63. The van der Waals surface area contributed by atoms with Crippen molar-refractivity contribution in [2.75, 3.05) is 0 Å². The molecule has 0 saturated heterocycles. The molecule has 0 fully saturated rings. The molecule has 44 heavy (non-hydrogen) atoms. The summed E-state index contributed by atoms with van der Waals surface area (Å²) >= 11 is 25.7. The normalized spacial score (nSPS) is 13.8.